The van der Waals surface area contributed by atoms with E-state index < -0.39 is 5.60 Å². The van der Waals surface area contributed by atoms with Crippen LogP contribution in [-0.4, -0.2) is 84.1 Å². The summed E-state index contributed by atoms with van der Waals surface area (Å²) in [4.78, 5) is 25.7. The number of carbonyl (C=O) groups excluding carboxylic acids is 1. The van der Waals surface area contributed by atoms with Gasteiger partial charge in [0.2, 0.25) is 0 Å². The number of pyridine rings is 1. The highest BCUT2D eigenvalue weighted by molar-refractivity contribution is 5.94. The van der Waals surface area contributed by atoms with Gasteiger partial charge in [0.25, 0.3) is 0 Å². The Hall–Kier alpha value is -3.20. The smallest absolute Gasteiger partial charge is 0.166 e. The molecule has 1 atom stereocenters. The molecule has 1 aromatic carbocycles. The van der Waals surface area contributed by atoms with Gasteiger partial charge in [0.15, 0.2) is 22.9 Å². The molecule has 0 bridgehead atoms. The van der Waals surface area contributed by atoms with Crippen LogP contribution in [0.5, 0.6) is 11.5 Å². The SMILES string of the molecule is C=C1C(CC)=C(C(CC)(OCC)C(C)=O)C=C2c3nc4cc5c(cc4c(CN4CCN(C)CC4)c3CN12)OCCO5. The summed E-state index contributed by atoms with van der Waals surface area (Å²) in [7, 11) is 2.19. The molecule has 1 aromatic heterocycles. The van der Waals surface area contributed by atoms with Crippen molar-refractivity contribution in [3.8, 4) is 11.5 Å². The normalized spacial score (nSPS) is 20.7. The molecular weight excluding hydrogens is 516 g/mol. The number of fused-ring (bicyclic) bond motifs is 5. The fraction of sp³-hybridized carbons (Fsp3) is 0.515. The second-order valence-electron chi connectivity index (χ2n) is 11.5. The van der Waals surface area contributed by atoms with E-state index in [1.165, 1.54) is 11.1 Å². The van der Waals surface area contributed by atoms with Gasteiger partial charge in [-0.05, 0) is 62.6 Å². The highest BCUT2D eigenvalue weighted by atomic mass is 16.6. The molecule has 0 N–H and O–H groups in total. The lowest BCUT2D eigenvalue weighted by Gasteiger charge is -2.38. The van der Waals surface area contributed by atoms with Crippen LogP contribution in [0.1, 0.15) is 57.4 Å². The zero-order valence-corrected chi connectivity index (χ0v) is 25.1. The fourth-order valence-corrected chi connectivity index (χ4v) is 6.91. The Bertz CT molecular complexity index is 1470. The number of carbonyl (C=O) groups is 1. The number of benzene rings is 1. The average molecular weight is 559 g/mol. The lowest BCUT2D eigenvalue weighted by molar-refractivity contribution is -0.137. The third-order valence-electron chi connectivity index (χ3n) is 9.22. The first-order chi connectivity index (χ1) is 19.8. The summed E-state index contributed by atoms with van der Waals surface area (Å²) in [5.41, 5.74) is 7.28. The number of piperazine rings is 1. The van der Waals surface area contributed by atoms with Crippen molar-refractivity contribution in [2.45, 2.75) is 59.2 Å². The van der Waals surface area contributed by atoms with Gasteiger partial charge in [-0.1, -0.05) is 20.4 Å². The summed E-state index contributed by atoms with van der Waals surface area (Å²) in [6.45, 7) is 19.6. The molecule has 4 aliphatic rings. The monoisotopic (exact) mass is 558 g/mol. The molecule has 0 radical (unpaired) electrons. The van der Waals surface area contributed by atoms with E-state index in [4.69, 9.17) is 19.2 Å². The number of nitrogens with zero attached hydrogens (tertiary/aromatic N) is 4. The predicted molar refractivity (Wildman–Crippen MR) is 161 cm³/mol. The topological polar surface area (TPSA) is 67.4 Å². The third kappa shape index (κ3) is 4.57. The van der Waals surface area contributed by atoms with E-state index in [0.29, 0.717) is 32.8 Å². The maximum atomic E-state index is 13.2. The van der Waals surface area contributed by atoms with Gasteiger partial charge in [-0.25, -0.2) is 4.98 Å². The molecule has 0 aliphatic carbocycles. The summed E-state index contributed by atoms with van der Waals surface area (Å²) in [5, 5.41) is 1.11. The van der Waals surface area contributed by atoms with E-state index >= 15 is 0 Å². The molecule has 6 rings (SSSR count). The Labute approximate surface area is 243 Å². The van der Waals surface area contributed by atoms with Crippen LogP contribution in [0.25, 0.3) is 16.6 Å². The van der Waals surface area contributed by atoms with Gasteiger partial charge in [0, 0.05) is 62.0 Å². The van der Waals surface area contributed by atoms with Crippen LogP contribution in [0.15, 0.2) is 41.6 Å². The molecule has 41 heavy (non-hydrogen) atoms. The first-order valence-corrected chi connectivity index (χ1v) is 15.0. The Morgan fingerprint density at radius 3 is 2.44 bits per heavy atom. The molecule has 1 fully saturated rings. The van der Waals surface area contributed by atoms with Crippen molar-refractivity contribution in [2.75, 3.05) is 53.0 Å². The molecule has 8 heteroatoms. The van der Waals surface area contributed by atoms with E-state index in [1.807, 2.05) is 19.9 Å². The lowest BCUT2D eigenvalue weighted by atomic mass is 9.80. The number of hydrogen-bond donors (Lipinski definition) is 0. The molecule has 0 spiro atoms. The number of allylic oxidation sites excluding steroid dienone is 1. The minimum Gasteiger partial charge on any atom is -0.486 e. The number of hydrogen-bond acceptors (Lipinski definition) is 8. The molecule has 0 saturated carbocycles. The van der Waals surface area contributed by atoms with Crippen molar-refractivity contribution in [3.05, 3.63) is 58.5 Å². The van der Waals surface area contributed by atoms with Crippen molar-refractivity contribution in [1.29, 1.82) is 0 Å². The highest BCUT2D eigenvalue weighted by Gasteiger charge is 2.44. The van der Waals surface area contributed by atoms with Crippen molar-refractivity contribution in [2.24, 2.45) is 0 Å². The zero-order valence-electron chi connectivity index (χ0n) is 25.1. The Kier molecular flexibility index (Phi) is 7.42. The summed E-state index contributed by atoms with van der Waals surface area (Å²) in [5.74, 6) is 1.54. The van der Waals surface area contributed by atoms with Gasteiger partial charge < -0.3 is 24.0 Å². The average Bonchev–Trinajstić information content (AvgIpc) is 3.34. The standard InChI is InChI=1S/C33H42N4O4/c1-7-23-21(4)37-20-26-25(19-36-12-10-35(6)11-13-36)24-16-30-31(40-15-14-39-30)18-28(24)34-32(26)29(37)17-27(23)33(8-2,22(5)38)41-9-3/h16-18H,4,7-15,19-20H2,1-3,5-6H3. The fourth-order valence-electron chi connectivity index (χ4n) is 6.91. The first kappa shape index (κ1) is 27.9. The molecule has 8 nitrogen and oxygen atoms in total. The molecule has 218 valence electrons. The Morgan fingerprint density at radius 1 is 1.10 bits per heavy atom. The summed E-state index contributed by atoms with van der Waals surface area (Å²) in [6.07, 6.45) is 3.48. The maximum absolute atomic E-state index is 13.2. The Morgan fingerprint density at radius 2 is 1.80 bits per heavy atom. The van der Waals surface area contributed by atoms with Crippen LogP contribution in [0.3, 0.4) is 0 Å². The number of ether oxygens (including phenoxy) is 3. The van der Waals surface area contributed by atoms with Gasteiger partial charge in [0.05, 0.1) is 23.5 Å². The van der Waals surface area contributed by atoms with Crippen LogP contribution < -0.4 is 9.47 Å². The zero-order chi connectivity index (χ0) is 28.9. The molecule has 1 unspecified atom stereocenters. The number of rotatable bonds is 8. The third-order valence-corrected chi connectivity index (χ3v) is 9.22. The van der Waals surface area contributed by atoms with Crippen LogP contribution in [-0.2, 0) is 22.6 Å². The second-order valence-corrected chi connectivity index (χ2v) is 11.5. The van der Waals surface area contributed by atoms with Gasteiger partial charge in [-0.3, -0.25) is 9.69 Å². The first-order valence-electron chi connectivity index (χ1n) is 15.0. The van der Waals surface area contributed by atoms with Gasteiger partial charge in [-0.2, -0.15) is 0 Å². The summed E-state index contributed by atoms with van der Waals surface area (Å²) in [6, 6.07) is 4.15. The van der Waals surface area contributed by atoms with Gasteiger partial charge in [-0.15, -0.1) is 0 Å². The molecule has 4 aliphatic heterocycles. The minimum atomic E-state index is -1.01. The number of aromatic nitrogens is 1. The quantitative estimate of drug-likeness (QED) is 0.453. The second kappa shape index (κ2) is 10.9. The van der Waals surface area contributed by atoms with Crippen LogP contribution in [0, 0.1) is 0 Å². The van der Waals surface area contributed by atoms with E-state index in [2.05, 4.69) is 47.4 Å². The largest absolute Gasteiger partial charge is 0.486 e. The van der Waals surface area contributed by atoms with E-state index in [-0.39, 0.29) is 5.78 Å². The van der Waals surface area contributed by atoms with Gasteiger partial charge >= 0.3 is 0 Å². The molecule has 1 saturated heterocycles. The highest BCUT2D eigenvalue weighted by Crippen LogP contribution is 2.48. The van der Waals surface area contributed by atoms with E-state index in [0.717, 1.165) is 89.8 Å². The van der Waals surface area contributed by atoms with Gasteiger partial charge in [0.1, 0.15) is 13.2 Å². The van der Waals surface area contributed by atoms with Crippen molar-refractivity contribution in [1.82, 2.24) is 19.7 Å². The number of likely N-dealkylation sites (N-methyl/N-ethyl adjacent to an activating group) is 1. The molecular formula is C33H42N4O4. The van der Waals surface area contributed by atoms with Crippen molar-refractivity contribution < 1.29 is 19.0 Å². The maximum Gasteiger partial charge on any atom is 0.166 e. The van der Waals surface area contributed by atoms with Crippen LogP contribution >= 0.6 is 0 Å². The number of ketones is 1. The lowest BCUT2D eigenvalue weighted by Crippen LogP contribution is -2.44. The van der Waals surface area contributed by atoms with Crippen molar-refractivity contribution in [3.63, 3.8) is 0 Å². The summed E-state index contributed by atoms with van der Waals surface area (Å²) < 4.78 is 18.2. The van der Waals surface area contributed by atoms with E-state index in [9.17, 15) is 4.79 Å². The minimum absolute atomic E-state index is 0.0186. The predicted octanol–water partition coefficient (Wildman–Crippen LogP) is 4.92. The van der Waals surface area contributed by atoms with Crippen LogP contribution in [0.4, 0.5) is 0 Å². The molecule has 2 aromatic rings. The molecule has 0 amide bonds. The van der Waals surface area contributed by atoms with E-state index in [1.54, 1.807) is 6.92 Å². The van der Waals surface area contributed by atoms with Crippen LogP contribution in [0.2, 0.25) is 0 Å². The summed E-state index contributed by atoms with van der Waals surface area (Å²) >= 11 is 0. The molecule has 5 heterocycles. The number of Topliss-reactive ketones (excluding diaryl/α,β-unsaturated/α-hetero) is 1. The van der Waals surface area contributed by atoms with Crippen molar-refractivity contribution >= 4 is 22.4 Å². The Balaban J connectivity index is 1.55.